The molecule has 6 nitrogen and oxygen atoms in total. The average molecular weight is 441 g/mol. The van der Waals surface area contributed by atoms with Crippen LogP contribution in [0, 0.1) is 5.41 Å². The fourth-order valence-corrected chi connectivity index (χ4v) is 5.40. The summed E-state index contributed by atoms with van der Waals surface area (Å²) in [5, 5.41) is 0. The van der Waals surface area contributed by atoms with Gasteiger partial charge in [-0.3, -0.25) is 9.69 Å². The Morgan fingerprint density at radius 3 is 2.59 bits per heavy atom. The molecule has 1 atom stereocenters. The lowest BCUT2D eigenvalue weighted by molar-refractivity contribution is -0.133. The Labute approximate surface area is 185 Å². The number of ether oxygens (including phenoxy) is 2. The van der Waals surface area contributed by atoms with Gasteiger partial charge in [0, 0.05) is 20.3 Å². The van der Waals surface area contributed by atoms with Crippen LogP contribution in [0.15, 0.2) is 47.5 Å². The van der Waals surface area contributed by atoms with Crippen LogP contribution in [0.2, 0.25) is 0 Å². The standard InChI is InChI=1S/C24H25F2N3O3/c1-29-20(30)24(28-22(29)27)14-23(7-9-31-10-8-23)13-17-6-5-16(12-19(17)24)15-3-2-4-18(11-15)32-21(25)26/h2-6,11-12,21H,7-10,13-14H2,1H3,(H2,27,28). The molecule has 0 radical (unpaired) electrons. The topological polar surface area (TPSA) is 77.2 Å². The molecule has 3 aliphatic rings. The first kappa shape index (κ1) is 20.9. The lowest BCUT2D eigenvalue weighted by Gasteiger charge is -2.47. The molecule has 1 aliphatic carbocycles. The molecule has 2 N–H and O–H groups in total. The monoisotopic (exact) mass is 441 g/mol. The van der Waals surface area contributed by atoms with E-state index in [1.165, 1.54) is 11.0 Å². The molecule has 2 spiro atoms. The number of likely N-dealkylation sites (N-methyl/N-ethyl adjacent to an activating group) is 1. The van der Waals surface area contributed by atoms with Crippen LogP contribution in [0.25, 0.3) is 11.1 Å². The van der Waals surface area contributed by atoms with Crippen LogP contribution in [0.5, 0.6) is 5.75 Å². The summed E-state index contributed by atoms with van der Waals surface area (Å²) in [5.74, 6) is 0.168. The molecule has 0 aromatic heterocycles. The Bertz CT molecular complexity index is 1100. The molecular weight excluding hydrogens is 416 g/mol. The van der Waals surface area contributed by atoms with E-state index in [0.29, 0.717) is 19.6 Å². The highest BCUT2D eigenvalue weighted by Crippen LogP contribution is 2.54. The van der Waals surface area contributed by atoms with Crippen molar-refractivity contribution in [2.24, 2.45) is 16.1 Å². The lowest BCUT2D eigenvalue weighted by atomic mass is 9.60. The van der Waals surface area contributed by atoms with Crippen LogP contribution >= 0.6 is 0 Å². The van der Waals surface area contributed by atoms with Crippen LogP contribution in [0.1, 0.15) is 30.4 Å². The molecule has 168 valence electrons. The van der Waals surface area contributed by atoms with Gasteiger partial charge in [0.2, 0.25) is 0 Å². The molecule has 1 fully saturated rings. The quantitative estimate of drug-likeness (QED) is 0.788. The summed E-state index contributed by atoms with van der Waals surface area (Å²) in [5.41, 5.74) is 8.41. The van der Waals surface area contributed by atoms with E-state index in [-0.39, 0.29) is 23.0 Å². The predicted molar refractivity (Wildman–Crippen MR) is 115 cm³/mol. The Morgan fingerprint density at radius 2 is 1.91 bits per heavy atom. The van der Waals surface area contributed by atoms with E-state index in [1.807, 2.05) is 24.3 Å². The summed E-state index contributed by atoms with van der Waals surface area (Å²) in [6.07, 6.45) is 3.16. The average Bonchev–Trinajstić information content (AvgIpc) is 2.97. The van der Waals surface area contributed by atoms with Gasteiger partial charge in [-0.2, -0.15) is 8.78 Å². The third kappa shape index (κ3) is 3.33. The summed E-state index contributed by atoms with van der Waals surface area (Å²) in [6.45, 7) is -1.55. The molecule has 0 saturated carbocycles. The number of fused-ring (bicyclic) bond motifs is 2. The fraction of sp³-hybridized carbons (Fsp3) is 0.417. The molecule has 32 heavy (non-hydrogen) atoms. The van der Waals surface area contributed by atoms with E-state index < -0.39 is 12.2 Å². The molecule has 2 aromatic carbocycles. The Hall–Kier alpha value is -3.00. The van der Waals surface area contributed by atoms with Crippen LogP contribution in [0.4, 0.5) is 8.78 Å². The van der Waals surface area contributed by atoms with Gasteiger partial charge in [-0.25, -0.2) is 4.99 Å². The van der Waals surface area contributed by atoms with Crippen molar-refractivity contribution in [3.05, 3.63) is 53.6 Å². The summed E-state index contributed by atoms with van der Waals surface area (Å²) >= 11 is 0. The smallest absolute Gasteiger partial charge is 0.387 e. The van der Waals surface area contributed by atoms with Crippen LogP contribution in [-0.4, -0.2) is 43.6 Å². The van der Waals surface area contributed by atoms with Crippen molar-refractivity contribution >= 4 is 11.9 Å². The second kappa shape index (κ2) is 7.55. The highest BCUT2D eigenvalue weighted by Gasteiger charge is 2.56. The van der Waals surface area contributed by atoms with Gasteiger partial charge in [0.05, 0.1) is 0 Å². The van der Waals surface area contributed by atoms with Gasteiger partial charge in [-0.1, -0.05) is 24.3 Å². The van der Waals surface area contributed by atoms with Gasteiger partial charge in [0.25, 0.3) is 5.91 Å². The van der Waals surface area contributed by atoms with E-state index in [4.69, 9.17) is 15.5 Å². The van der Waals surface area contributed by atoms with Crippen molar-refractivity contribution in [1.82, 2.24) is 4.90 Å². The first-order valence-corrected chi connectivity index (χ1v) is 10.7. The first-order chi connectivity index (χ1) is 15.3. The van der Waals surface area contributed by atoms with Crippen molar-refractivity contribution in [2.75, 3.05) is 20.3 Å². The minimum atomic E-state index is -2.89. The Morgan fingerprint density at radius 1 is 1.16 bits per heavy atom. The molecule has 0 bridgehead atoms. The number of aliphatic imine (C=N–C) groups is 1. The first-order valence-electron chi connectivity index (χ1n) is 10.7. The van der Waals surface area contributed by atoms with Crippen molar-refractivity contribution in [2.45, 2.75) is 37.8 Å². The number of carbonyl (C=O) groups excluding carboxylic acids is 1. The van der Waals surface area contributed by atoms with E-state index in [1.54, 1.807) is 19.2 Å². The van der Waals surface area contributed by atoms with Crippen molar-refractivity contribution in [3.8, 4) is 16.9 Å². The van der Waals surface area contributed by atoms with E-state index >= 15 is 0 Å². The number of nitrogens with zero attached hydrogens (tertiary/aromatic N) is 2. The van der Waals surface area contributed by atoms with Gasteiger partial charge in [0.15, 0.2) is 11.5 Å². The molecule has 1 unspecified atom stereocenters. The molecule has 2 aliphatic heterocycles. The number of benzene rings is 2. The zero-order chi connectivity index (χ0) is 22.5. The second-order valence-corrected chi connectivity index (χ2v) is 8.94. The predicted octanol–water partition coefficient (Wildman–Crippen LogP) is 3.68. The number of nitrogens with two attached hydrogens (primary N) is 1. The third-order valence-electron chi connectivity index (χ3n) is 7.01. The highest BCUT2D eigenvalue weighted by molar-refractivity contribution is 6.07. The Kier molecular flexibility index (Phi) is 4.93. The zero-order valence-electron chi connectivity index (χ0n) is 17.8. The number of carbonyl (C=O) groups is 1. The number of hydrogen-bond acceptors (Lipinski definition) is 5. The fourth-order valence-electron chi connectivity index (χ4n) is 5.40. The van der Waals surface area contributed by atoms with Gasteiger partial charge in [-0.15, -0.1) is 0 Å². The third-order valence-corrected chi connectivity index (χ3v) is 7.01. The molecule has 8 heteroatoms. The van der Waals surface area contributed by atoms with Crippen LogP contribution in [-0.2, 0) is 21.5 Å². The number of hydrogen-bond donors (Lipinski definition) is 1. The molecule has 2 heterocycles. The van der Waals surface area contributed by atoms with E-state index in [9.17, 15) is 13.6 Å². The van der Waals surface area contributed by atoms with Crippen molar-refractivity contribution in [3.63, 3.8) is 0 Å². The number of rotatable bonds is 3. The number of amides is 1. The minimum Gasteiger partial charge on any atom is -0.435 e. The lowest BCUT2D eigenvalue weighted by Crippen LogP contribution is -2.49. The molecule has 1 amide bonds. The summed E-state index contributed by atoms with van der Waals surface area (Å²) < 4.78 is 35.5. The summed E-state index contributed by atoms with van der Waals surface area (Å²) in [6, 6.07) is 12.5. The molecule has 5 rings (SSSR count). The normalized spacial score (nSPS) is 24.2. The maximum Gasteiger partial charge on any atom is 0.387 e. The largest absolute Gasteiger partial charge is 0.435 e. The van der Waals surface area contributed by atoms with Crippen LogP contribution < -0.4 is 10.5 Å². The van der Waals surface area contributed by atoms with Gasteiger partial charge < -0.3 is 15.2 Å². The summed E-state index contributed by atoms with van der Waals surface area (Å²) in [7, 11) is 1.65. The summed E-state index contributed by atoms with van der Waals surface area (Å²) in [4.78, 5) is 19.7. The SMILES string of the molecule is CN1C(=O)C2(CC3(CCOCC3)Cc3ccc(-c4cccc(OC(F)F)c4)cc32)N=C1N. The highest BCUT2D eigenvalue weighted by atomic mass is 19.3. The molecule has 1 saturated heterocycles. The van der Waals surface area contributed by atoms with Gasteiger partial charge in [-0.05, 0) is 71.6 Å². The Balaban J connectivity index is 1.62. The van der Waals surface area contributed by atoms with Crippen molar-refractivity contribution in [1.29, 1.82) is 0 Å². The molecule has 2 aromatic rings. The van der Waals surface area contributed by atoms with Gasteiger partial charge >= 0.3 is 6.61 Å². The maximum atomic E-state index is 13.5. The number of alkyl halides is 2. The molecular formula is C24H25F2N3O3. The maximum absolute atomic E-state index is 13.5. The zero-order valence-corrected chi connectivity index (χ0v) is 17.8. The minimum absolute atomic E-state index is 0.0671. The van der Waals surface area contributed by atoms with E-state index in [2.05, 4.69) is 4.74 Å². The number of halogens is 2. The van der Waals surface area contributed by atoms with Crippen molar-refractivity contribution < 1.29 is 23.0 Å². The van der Waals surface area contributed by atoms with Gasteiger partial charge in [0.1, 0.15) is 5.75 Å². The number of guanidine groups is 1. The van der Waals surface area contributed by atoms with Crippen LogP contribution in [0.3, 0.4) is 0 Å². The second-order valence-electron chi connectivity index (χ2n) is 8.94. The van der Waals surface area contributed by atoms with E-state index in [0.717, 1.165) is 41.5 Å².